The second kappa shape index (κ2) is 6.12. The van der Waals surface area contributed by atoms with E-state index in [-0.39, 0.29) is 5.56 Å². The van der Waals surface area contributed by atoms with Gasteiger partial charge in [0.25, 0.3) is 5.56 Å². The molecule has 0 radical (unpaired) electrons. The minimum Gasteiger partial charge on any atom is -0.383 e. The summed E-state index contributed by atoms with van der Waals surface area (Å²) in [6.45, 7) is 5.32. The molecule has 2 rings (SSSR count). The van der Waals surface area contributed by atoms with Crippen LogP contribution in [0.25, 0.3) is 0 Å². The number of thioether (sulfide) groups is 2. The minimum absolute atomic E-state index is 0.0994. The molecule has 0 aromatic carbocycles. The van der Waals surface area contributed by atoms with Crippen molar-refractivity contribution < 1.29 is 4.74 Å². The predicted molar refractivity (Wildman–Crippen MR) is 75.8 cm³/mol. The average Bonchev–Trinajstić information content (AvgIpc) is 2.70. The lowest BCUT2D eigenvalue weighted by atomic mass is 10.2. The van der Waals surface area contributed by atoms with Gasteiger partial charge in [0.1, 0.15) is 0 Å². The molecule has 0 fully saturated rings. The monoisotopic (exact) mass is 286 g/mol. The van der Waals surface area contributed by atoms with Crippen LogP contribution in [0.15, 0.2) is 14.8 Å². The molecule has 1 aliphatic rings. The normalized spacial score (nSPS) is 18.1. The molecule has 1 unspecified atom stereocenters. The molecule has 2 heterocycles. The van der Waals surface area contributed by atoms with Gasteiger partial charge in [-0.25, -0.2) is 4.98 Å². The van der Waals surface area contributed by atoms with Crippen LogP contribution in [0.1, 0.15) is 19.5 Å². The Hall–Kier alpha value is -0.460. The lowest BCUT2D eigenvalue weighted by Gasteiger charge is -2.12. The van der Waals surface area contributed by atoms with Gasteiger partial charge in [-0.1, -0.05) is 25.6 Å². The summed E-state index contributed by atoms with van der Waals surface area (Å²) in [4.78, 5) is 17.9. The van der Waals surface area contributed by atoms with E-state index in [1.807, 2.05) is 0 Å². The van der Waals surface area contributed by atoms with Crippen molar-refractivity contribution in [2.24, 2.45) is 0 Å². The second-order valence-corrected chi connectivity index (χ2v) is 6.87. The maximum Gasteiger partial charge on any atom is 0.268 e. The van der Waals surface area contributed by atoms with Gasteiger partial charge in [0.2, 0.25) is 0 Å². The quantitative estimate of drug-likeness (QED) is 0.612. The molecule has 0 saturated heterocycles. The van der Waals surface area contributed by atoms with Crippen molar-refractivity contribution in [1.29, 1.82) is 0 Å². The van der Waals surface area contributed by atoms with Crippen LogP contribution < -0.4 is 5.56 Å². The van der Waals surface area contributed by atoms with Gasteiger partial charge in [-0.15, -0.1) is 11.8 Å². The molecular formula is C12H18N2O2S2. The number of nitrogens with zero attached hydrogens (tertiary/aromatic N) is 2. The van der Waals surface area contributed by atoms with E-state index in [1.165, 1.54) is 0 Å². The molecule has 100 valence electrons. The zero-order chi connectivity index (χ0) is 13.1. The van der Waals surface area contributed by atoms with E-state index in [4.69, 9.17) is 4.74 Å². The first-order valence-electron chi connectivity index (χ1n) is 6.09. The smallest absolute Gasteiger partial charge is 0.268 e. The van der Waals surface area contributed by atoms with Crippen LogP contribution in [0.5, 0.6) is 0 Å². The van der Waals surface area contributed by atoms with Crippen molar-refractivity contribution in [2.45, 2.75) is 42.1 Å². The summed E-state index contributed by atoms with van der Waals surface area (Å²) >= 11 is 3.27. The van der Waals surface area contributed by atoms with Crippen LogP contribution in [-0.4, -0.2) is 34.3 Å². The van der Waals surface area contributed by atoms with Crippen LogP contribution in [-0.2, 0) is 17.7 Å². The first-order valence-corrected chi connectivity index (χ1v) is 7.96. The van der Waals surface area contributed by atoms with Crippen molar-refractivity contribution in [2.75, 3.05) is 19.5 Å². The van der Waals surface area contributed by atoms with Crippen LogP contribution in [0.2, 0.25) is 0 Å². The van der Waals surface area contributed by atoms with Gasteiger partial charge in [-0.2, -0.15) is 0 Å². The van der Waals surface area contributed by atoms with E-state index in [1.54, 1.807) is 35.2 Å². The molecule has 18 heavy (non-hydrogen) atoms. The van der Waals surface area contributed by atoms with Crippen LogP contribution in [0.3, 0.4) is 0 Å². The van der Waals surface area contributed by atoms with E-state index < -0.39 is 0 Å². The summed E-state index contributed by atoms with van der Waals surface area (Å²) in [5.41, 5.74) is 1.07. The molecule has 1 aliphatic heterocycles. The molecule has 0 spiro atoms. The number of hydrogen-bond donors (Lipinski definition) is 0. The first kappa shape index (κ1) is 14.0. The van der Waals surface area contributed by atoms with Crippen LogP contribution in [0.4, 0.5) is 0 Å². The number of fused-ring (bicyclic) bond motifs is 1. The van der Waals surface area contributed by atoms with Crippen LogP contribution in [0, 0.1) is 0 Å². The Kier molecular flexibility index (Phi) is 4.75. The fourth-order valence-electron chi connectivity index (χ4n) is 1.95. The first-order chi connectivity index (χ1) is 8.67. The number of methoxy groups -OCH3 is 1. The van der Waals surface area contributed by atoms with Gasteiger partial charge < -0.3 is 4.74 Å². The summed E-state index contributed by atoms with van der Waals surface area (Å²) < 4.78 is 6.82. The molecule has 0 saturated carbocycles. The highest BCUT2D eigenvalue weighted by Crippen LogP contribution is 2.34. The molecule has 0 N–H and O–H groups in total. The highest BCUT2D eigenvalue weighted by atomic mass is 32.2. The van der Waals surface area contributed by atoms with Crippen molar-refractivity contribution in [3.05, 3.63) is 16.0 Å². The number of rotatable bonds is 5. The molecule has 0 amide bonds. The molecular weight excluding hydrogens is 268 g/mol. The highest BCUT2D eigenvalue weighted by molar-refractivity contribution is 8.00. The summed E-state index contributed by atoms with van der Waals surface area (Å²) in [7, 11) is 1.65. The lowest BCUT2D eigenvalue weighted by molar-refractivity contribution is 0.182. The Morgan fingerprint density at radius 2 is 2.39 bits per heavy atom. The maximum atomic E-state index is 12.4. The molecule has 0 bridgehead atoms. The van der Waals surface area contributed by atoms with Gasteiger partial charge in [-0.05, 0) is 5.75 Å². The van der Waals surface area contributed by atoms with Gasteiger partial charge in [0.05, 0.1) is 23.7 Å². The van der Waals surface area contributed by atoms with Gasteiger partial charge in [0.15, 0.2) is 5.16 Å². The van der Waals surface area contributed by atoms with E-state index in [0.29, 0.717) is 18.4 Å². The Morgan fingerprint density at radius 1 is 1.61 bits per heavy atom. The van der Waals surface area contributed by atoms with Crippen molar-refractivity contribution in [3.63, 3.8) is 0 Å². The highest BCUT2D eigenvalue weighted by Gasteiger charge is 2.25. The molecule has 4 nitrogen and oxygen atoms in total. The Labute approximate surface area is 116 Å². The third kappa shape index (κ3) is 2.75. The predicted octanol–water partition coefficient (Wildman–Crippen LogP) is 2.04. The molecule has 1 atom stereocenters. The van der Waals surface area contributed by atoms with Gasteiger partial charge in [0, 0.05) is 18.8 Å². The Bertz CT molecular complexity index is 488. The maximum absolute atomic E-state index is 12.4. The molecule has 6 heteroatoms. The fourth-order valence-corrected chi connectivity index (χ4v) is 3.83. The molecule has 1 aromatic rings. The largest absolute Gasteiger partial charge is 0.383 e. The SMILES string of the molecule is CCSc1nc2c(c(=O)n1CCOC)SC(C)C2. The summed E-state index contributed by atoms with van der Waals surface area (Å²) in [5.74, 6) is 0.918. The standard InChI is InChI=1S/C12H18N2O2S2/c1-4-17-12-13-9-7-8(2)18-10(9)11(15)14(12)5-6-16-3/h8H,4-7H2,1-3H3. The van der Waals surface area contributed by atoms with E-state index in [0.717, 1.165) is 27.9 Å². The zero-order valence-corrected chi connectivity index (χ0v) is 12.6. The molecule has 0 aliphatic carbocycles. The average molecular weight is 286 g/mol. The summed E-state index contributed by atoms with van der Waals surface area (Å²) in [6.07, 6.45) is 0.900. The number of aromatic nitrogens is 2. The number of hydrogen-bond acceptors (Lipinski definition) is 5. The van der Waals surface area contributed by atoms with E-state index >= 15 is 0 Å². The van der Waals surface area contributed by atoms with Crippen LogP contribution >= 0.6 is 23.5 Å². The zero-order valence-electron chi connectivity index (χ0n) is 10.9. The third-order valence-corrected chi connectivity index (χ3v) is 4.83. The van der Waals surface area contributed by atoms with E-state index in [9.17, 15) is 4.79 Å². The summed E-state index contributed by atoms with van der Waals surface area (Å²) in [6, 6.07) is 0. The second-order valence-electron chi connectivity index (χ2n) is 4.19. The van der Waals surface area contributed by atoms with Crippen molar-refractivity contribution in [3.8, 4) is 0 Å². The lowest BCUT2D eigenvalue weighted by Crippen LogP contribution is -2.27. The molecule has 1 aromatic heterocycles. The number of ether oxygens (including phenoxy) is 1. The van der Waals surface area contributed by atoms with Crippen molar-refractivity contribution >= 4 is 23.5 Å². The fraction of sp³-hybridized carbons (Fsp3) is 0.667. The Morgan fingerprint density at radius 3 is 3.06 bits per heavy atom. The topological polar surface area (TPSA) is 44.1 Å². The van der Waals surface area contributed by atoms with E-state index in [2.05, 4.69) is 18.8 Å². The van der Waals surface area contributed by atoms with Gasteiger partial charge >= 0.3 is 0 Å². The third-order valence-electron chi connectivity index (χ3n) is 2.76. The van der Waals surface area contributed by atoms with Gasteiger partial charge in [-0.3, -0.25) is 9.36 Å². The Balaban J connectivity index is 2.43. The van der Waals surface area contributed by atoms with Crippen molar-refractivity contribution in [1.82, 2.24) is 9.55 Å². The minimum atomic E-state index is 0.0994. The summed E-state index contributed by atoms with van der Waals surface area (Å²) in [5, 5.41) is 1.28.